The highest BCUT2D eigenvalue weighted by molar-refractivity contribution is 7.21. The molecule has 5 aromatic rings. The van der Waals surface area contributed by atoms with Gasteiger partial charge in [-0.15, -0.1) is 11.3 Å². The Morgan fingerprint density at radius 2 is 1.87 bits per heavy atom. The van der Waals surface area contributed by atoms with Crippen LogP contribution in [-0.2, 0) is 13.2 Å². The lowest BCUT2D eigenvalue weighted by molar-refractivity contribution is 0.103. The van der Waals surface area contributed by atoms with Crippen molar-refractivity contribution in [3.63, 3.8) is 0 Å². The van der Waals surface area contributed by atoms with Gasteiger partial charge in [-0.2, -0.15) is 0 Å². The van der Waals surface area contributed by atoms with Gasteiger partial charge in [0.25, 0.3) is 5.91 Å². The number of nitrogens with zero attached hydrogens (tertiary/aromatic N) is 4. The lowest BCUT2D eigenvalue weighted by atomic mass is 10.1. The fourth-order valence-corrected chi connectivity index (χ4v) is 7.15. The number of urea groups is 1. The van der Waals surface area contributed by atoms with E-state index in [0.29, 0.717) is 59.9 Å². The fraction of sp³-hybridized carbons (Fsp3) is 0.235. The lowest BCUT2D eigenvalue weighted by Crippen LogP contribution is -2.35. The summed E-state index contributed by atoms with van der Waals surface area (Å²) in [5.74, 6) is -0.0575. The van der Waals surface area contributed by atoms with Gasteiger partial charge in [0.15, 0.2) is 5.82 Å². The smallest absolute Gasteiger partial charge is 0.332 e. The van der Waals surface area contributed by atoms with E-state index in [-0.39, 0.29) is 18.3 Å². The van der Waals surface area contributed by atoms with Gasteiger partial charge in [-0.05, 0) is 79.9 Å². The molecule has 0 bridgehead atoms. The molecule has 7 rings (SSSR count). The first-order chi connectivity index (χ1) is 22.3. The maximum atomic E-state index is 13.7. The van der Waals surface area contributed by atoms with E-state index in [0.717, 1.165) is 19.6 Å². The van der Waals surface area contributed by atoms with Gasteiger partial charge in [0.05, 0.1) is 21.8 Å². The molecule has 1 fully saturated rings. The van der Waals surface area contributed by atoms with Gasteiger partial charge in [0.2, 0.25) is 0 Å². The molecule has 2 aromatic heterocycles. The Morgan fingerprint density at radius 3 is 2.65 bits per heavy atom. The highest BCUT2D eigenvalue weighted by Crippen LogP contribution is 2.46. The molecular formula is C34H30ClFN6O3S. The zero-order chi connectivity index (χ0) is 31.8. The molecule has 2 aliphatic heterocycles. The normalized spacial score (nSPS) is 14.8. The summed E-state index contributed by atoms with van der Waals surface area (Å²) in [6, 6.07) is 16.8. The summed E-state index contributed by atoms with van der Waals surface area (Å²) in [5, 5.41) is 6.78. The third-order valence-electron chi connectivity index (χ3n) is 8.16. The van der Waals surface area contributed by atoms with E-state index < -0.39 is 6.03 Å². The Bertz CT molecular complexity index is 1960. The number of piperidine rings is 1. The van der Waals surface area contributed by atoms with Gasteiger partial charge < -0.3 is 15.4 Å². The number of rotatable bonds is 8. The van der Waals surface area contributed by atoms with E-state index >= 15 is 0 Å². The number of ether oxygens (including phenoxy) is 1. The molecule has 0 spiro atoms. The van der Waals surface area contributed by atoms with Crippen LogP contribution in [0.25, 0.3) is 10.2 Å². The van der Waals surface area contributed by atoms with Gasteiger partial charge in [-0.3, -0.25) is 9.69 Å². The summed E-state index contributed by atoms with van der Waals surface area (Å²) in [6.07, 6.45) is 5.14. The molecule has 12 heteroatoms. The first-order valence-corrected chi connectivity index (χ1v) is 16.2. The second-order valence-electron chi connectivity index (χ2n) is 11.4. The predicted molar refractivity (Wildman–Crippen MR) is 179 cm³/mol. The van der Waals surface area contributed by atoms with Crippen LogP contribution in [0.2, 0.25) is 5.02 Å². The maximum absolute atomic E-state index is 13.7. The number of amides is 3. The van der Waals surface area contributed by atoms with Crippen molar-refractivity contribution in [1.82, 2.24) is 14.9 Å². The van der Waals surface area contributed by atoms with Gasteiger partial charge in [-0.1, -0.05) is 42.3 Å². The molecule has 2 N–H and O–H groups in total. The molecule has 0 aliphatic carbocycles. The summed E-state index contributed by atoms with van der Waals surface area (Å²) >= 11 is 7.69. The first-order valence-electron chi connectivity index (χ1n) is 15.0. The number of halogens is 2. The fourth-order valence-electron chi connectivity index (χ4n) is 5.89. The standard InChI is InChI=1S/C34H30ClFN6O3S/c1-20-14-25(35)27(45-18-22-6-5-7-23(36)15-22)16-26(20)42-31-28-29(40-34(42)44)30(46-33(28)38-19-37-31)32(43)39-24-10-8-21(9-11-24)17-41-12-3-2-4-13-41/h5-11,14-16,19H,2-4,12-13,17-18H2,1H3,(H,39,43)(H,40,44). The third-order valence-corrected chi connectivity index (χ3v) is 9.55. The average molecular weight is 657 g/mol. The summed E-state index contributed by atoms with van der Waals surface area (Å²) < 4.78 is 19.6. The Balaban J connectivity index is 1.15. The molecule has 0 radical (unpaired) electrons. The Labute approximate surface area is 274 Å². The van der Waals surface area contributed by atoms with Gasteiger partial charge in [0.1, 0.15) is 34.2 Å². The van der Waals surface area contributed by atoms with Crippen LogP contribution in [0.4, 0.5) is 32.1 Å². The average Bonchev–Trinajstić information content (AvgIpc) is 3.42. The van der Waals surface area contributed by atoms with Gasteiger partial charge >= 0.3 is 6.03 Å². The van der Waals surface area contributed by atoms with Crippen LogP contribution in [-0.4, -0.2) is 39.9 Å². The van der Waals surface area contributed by atoms with E-state index in [2.05, 4.69) is 25.5 Å². The van der Waals surface area contributed by atoms with Crippen molar-refractivity contribution >= 4 is 68.0 Å². The van der Waals surface area contributed by atoms with E-state index in [9.17, 15) is 14.0 Å². The molecule has 4 heterocycles. The summed E-state index contributed by atoms with van der Waals surface area (Å²) in [6.45, 7) is 5.03. The highest BCUT2D eigenvalue weighted by Gasteiger charge is 2.35. The van der Waals surface area contributed by atoms with Crippen LogP contribution in [0.1, 0.15) is 45.6 Å². The number of thiophene rings is 1. The monoisotopic (exact) mass is 656 g/mol. The zero-order valence-electron chi connectivity index (χ0n) is 25.0. The number of anilines is 4. The highest BCUT2D eigenvalue weighted by atomic mass is 35.5. The van der Waals surface area contributed by atoms with Gasteiger partial charge in [0, 0.05) is 18.3 Å². The zero-order valence-corrected chi connectivity index (χ0v) is 26.6. The Hall–Kier alpha value is -4.58. The minimum Gasteiger partial charge on any atom is -0.487 e. The molecule has 3 aromatic carbocycles. The molecule has 3 amide bonds. The second-order valence-corrected chi connectivity index (χ2v) is 12.8. The Morgan fingerprint density at radius 1 is 1.07 bits per heavy atom. The molecule has 46 heavy (non-hydrogen) atoms. The molecule has 9 nitrogen and oxygen atoms in total. The van der Waals surface area contributed by atoms with Crippen molar-refractivity contribution in [3.8, 4) is 5.75 Å². The summed E-state index contributed by atoms with van der Waals surface area (Å²) in [5.41, 5.74) is 4.05. The number of carbonyl (C=O) groups is 2. The molecule has 234 valence electrons. The van der Waals surface area contributed by atoms with Crippen molar-refractivity contribution < 1.29 is 18.7 Å². The van der Waals surface area contributed by atoms with Gasteiger partial charge in [-0.25, -0.2) is 24.1 Å². The molecule has 2 aliphatic rings. The molecule has 0 saturated carbocycles. The van der Waals surface area contributed by atoms with Crippen LogP contribution in [0.5, 0.6) is 5.75 Å². The third kappa shape index (κ3) is 6.01. The summed E-state index contributed by atoms with van der Waals surface area (Å²) in [7, 11) is 0. The van der Waals surface area contributed by atoms with E-state index in [1.54, 1.807) is 24.3 Å². The summed E-state index contributed by atoms with van der Waals surface area (Å²) in [4.78, 5) is 40.9. The van der Waals surface area contributed by atoms with E-state index in [1.165, 1.54) is 59.5 Å². The van der Waals surface area contributed by atoms with Crippen molar-refractivity contribution in [3.05, 3.63) is 99.4 Å². The van der Waals surface area contributed by atoms with Crippen molar-refractivity contribution in [2.75, 3.05) is 28.6 Å². The number of hydrogen-bond acceptors (Lipinski definition) is 7. The molecular weight excluding hydrogens is 627 g/mol. The van der Waals surface area contributed by atoms with E-state index in [4.69, 9.17) is 16.3 Å². The van der Waals surface area contributed by atoms with Crippen LogP contribution < -0.4 is 20.3 Å². The van der Waals surface area contributed by atoms with Crippen molar-refractivity contribution in [2.24, 2.45) is 0 Å². The van der Waals surface area contributed by atoms with Crippen LogP contribution >= 0.6 is 22.9 Å². The number of aromatic nitrogens is 2. The van der Waals surface area contributed by atoms with E-state index in [1.807, 2.05) is 31.2 Å². The maximum Gasteiger partial charge on any atom is 0.332 e. The predicted octanol–water partition coefficient (Wildman–Crippen LogP) is 8.29. The number of benzene rings is 3. The molecule has 1 saturated heterocycles. The lowest BCUT2D eigenvalue weighted by Gasteiger charge is -2.28. The molecule has 0 unspecified atom stereocenters. The minimum absolute atomic E-state index is 0.0816. The number of aryl methyl sites for hydroxylation is 1. The SMILES string of the molecule is Cc1cc(Cl)c(OCc2cccc(F)c2)cc1N1C(=O)Nc2c(C(=O)Nc3ccc(CN4CCCCC4)cc3)sc3ncnc1c23. The first kappa shape index (κ1) is 30.1. The quantitative estimate of drug-likeness (QED) is 0.174. The number of hydrogen-bond donors (Lipinski definition) is 2. The largest absolute Gasteiger partial charge is 0.487 e. The van der Waals surface area contributed by atoms with Crippen LogP contribution in [0.15, 0.2) is 67.0 Å². The number of likely N-dealkylation sites (tertiary alicyclic amines) is 1. The van der Waals surface area contributed by atoms with Crippen molar-refractivity contribution in [1.29, 1.82) is 0 Å². The number of carbonyl (C=O) groups excluding carboxylic acids is 2. The number of nitrogens with one attached hydrogen (secondary N) is 2. The van der Waals surface area contributed by atoms with Crippen LogP contribution in [0.3, 0.4) is 0 Å². The molecule has 0 atom stereocenters. The second kappa shape index (κ2) is 12.7. The topological polar surface area (TPSA) is 99.7 Å². The van der Waals surface area contributed by atoms with Crippen molar-refractivity contribution in [2.45, 2.75) is 39.3 Å². The minimum atomic E-state index is -0.497. The van der Waals surface area contributed by atoms with Crippen LogP contribution in [0, 0.1) is 12.7 Å². The Kier molecular flexibility index (Phi) is 8.29.